The summed E-state index contributed by atoms with van der Waals surface area (Å²) in [6.45, 7) is 0.129. The highest BCUT2D eigenvalue weighted by molar-refractivity contribution is 7.89. The molecule has 1 unspecified atom stereocenters. The standard InChI is InChI=1S/C17H18ClNO4S2/c1-23-17(20)10-12-2-4-13(5-3-12)16(24)11-19-25(21,22)15-8-6-14(18)7-9-15/h2-9,16,19,24H,10-11H2,1H3. The van der Waals surface area contributed by atoms with Gasteiger partial charge in [-0.15, -0.1) is 0 Å². The number of ether oxygens (including phenoxy) is 1. The average Bonchev–Trinajstić information content (AvgIpc) is 2.60. The fourth-order valence-corrected chi connectivity index (χ4v) is 3.66. The third kappa shape index (κ3) is 5.74. The van der Waals surface area contributed by atoms with E-state index in [0.29, 0.717) is 5.02 Å². The Bertz CT molecular complexity index is 821. The number of methoxy groups -OCH3 is 1. The van der Waals surface area contributed by atoms with Crippen LogP contribution in [-0.4, -0.2) is 28.0 Å². The van der Waals surface area contributed by atoms with Crippen LogP contribution in [-0.2, 0) is 26.0 Å². The van der Waals surface area contributed by atoms with Gasteiger partial charge >= 0.3 is 5.97 Å². The van der Waals surface area contributed by atoms with Crippen molar-refractivity contribution >= 4 is 40.2 Å². The Hall–Kier alpha value is -1.54. The van der Waals surface area contributed by atoms with Gasteiger partial charge in [0.1, 0.15) is 0 Å². The Morgan fingerprint density at radius 2 is 1.76 bits per heavy atom. The summed E-state index contributed by atoms with van der Waals surface area (Å²) in [7, 11) is -2.29. The van der Waals surface area contributed by atoms with Gasteiger partial charge in [-0.3, -0.25) is 4.79 Å². The van der Waals surface area contributed by atoms with Crippen LogP contribution in [0.15, 0.2) is 53.4 Å². The molecule has 0 saturated carbocycles. The topological polar surface area (TPSA) is 72.5 Å². The number of hydrogen-bond donors (Lipinski definition) is 2. The zero-order valence-electron chi connectivity index (χ0n) is 13.5. The molecule has 0 amide bonds. The zero-order chi connectivity index (χ0) is 18.4. The van der Waals surface area contributed by atoms with Crippen molar-refractivity contribution in [3.05, 3.63) is 64.7 Å². The van der Waals surface area contributed by atoms with Crippen molar-refractivity contribution in [2.75, 3.05) is 13.7 Å². The summed E-state index contributed by atoms with van der Waals surface area (Å²) in [6, 6.07) is 13.1. The lowest BCUT2D eigenvalue weighted by Gasteiger charge is -2.13. The molecule has 0 fully saturated rings. The van der Waals surface area contributed by atoms with Crippen molar-refractivity contribution in [2.45, 2.75) is 16.6 Å². The molecular weight excluding hydrogens is 382 g/mol. The third-order valence-electron chi connectivity index (χ3n) is 3.53. The van der Waals surface area contributed by atoms with E-state index in [1.165, 1.54) is 31.4 Å². The number of esters is 1. The fraction of sp³-hybridized carbons (Fsp3) is 0.235. The molecule has 0 aliphatic heterocycles. The predicted octanol–water partition coefficient (Wildman–Crippen LogP) is 3.00. The van der Waals surface area contributed by atoms with Crippen LogP contribution in [0.2, 0.25) is 5.02 Å². The molecule has 0 heterocycles. The second-order valence-electron chi connectivity index (χ2n) is 5.32. The van der Waals surface area contributed by atoms with Crippen LogP contribution in [0, 0.1) is 0 Å². The molecule has 25 heavy (non-hydrogen) atoms. The van der Waals surface area contributed by atoms with Crippen LogP contribution in [0.3, 0.4) is 0 Å². The van der Waals surface area contributed by atoms with Crippen LogP contribution in [0.4, 0.5) is 0 Å². The largest absolute Gasteiger partial charge is 0.469 e. The van der Waals surface area contributed by atoms with Crippen molar-refractivity contribution in [3.8, 4) is 0 Å². The molecule has 8 heteroatoms. The number of rotatable bonds is 7. The van der Waals surface area contributed by atoms with E-state index < -0.39 is 10.0 Å². The summed E-state index contributed by atoms with van der Waals surface area (Å²) in [5.41, 5.74) is 1.66. The number of nitrogens with one attached hydrogen (secondary N) is 1. The average molecular weight is 400 g/mol. The van der Waals surface area contributed by atoms with E-state index in [-0.39, 0.29) is 29.1 Å². The maximum Gasteiger partial charge on any atom is 0.309 e. The van der Waals surface area contributed by atoms with Gasteiger partial charge < -0.3 is 4.74 Å². The number of carbonyl (C=O) groups is 1. The Labute approximate surface area is 157 Å². The molecule has 0 bridgehead atoms. The van der Waals surface area contributed by atoms with Gasteiger partial charge in [-0.2, -0.15) is 12.6 Å². The molecule has 0 aliphatic rings. The molecule has 0 aromatic heterocycles. The summed E-state index contributed by atoms with van der Waals surface area (Å²) in [6.07, 6.45) is 0.192. The highest BCUT2D eigenvalue weighted by Crippen LogP contribution is 2.21. The van der Waals surface area contributed by atoms with E-state index in [1.54, 1.807) is 12.1 Å². The summed E-state index contributed by atoms with van der Waals surface area (Å²) < 4.78 is 31.6. The second-order valence-corrected chi connectivity index (χ2v) is 8.14. The van der Waals surface area contributed by atoms with E-state index >= 15 is 0 Å². The molecule has 1 N–H and O–H groups in total. The van der Waals surface area contributed by atoms with Gasteiger partial charge in [0.25, 0.3) is 0 Å². The van der Waals surface area contributed by atoms with E-state index in [4.69, 9.17) is 11.6 Å². The first kappa shape index (κ1) is 19.8. The first-order valence-electron chi connectivity index (χ1n) is 7.41. The van der Waals surface area contributed by atoms with Gasteiger partial charge in [-0.25, -0.2) is 13.1 Å². The highest BCUT2D eigenvalue weighted by atomic mass is 35.5. The lowest BCUT2D eigenvalue weighted by atomic mass is 10.1. The predicted molar refractivity (Wildman–Crippen MR) is 101 cm³/mol. The fourth-order valence-electron chi connectivity index (χ4n) is 2.10. The van der Waals surface area contributed by atoms with Gasteiger partial charge in [0.15, 0.2) is 0 Å². The number of thiol groups is 1. The number of sulfonamides is 1. The Morgan fingerprint density at radius 3 is 2.32 bits per heavy atom. The smallest absolute Gasteiger partial charge is 0.309 e. The number of carbonyl (C=O) groups excluding carboxylic acids is 1. The monoisotopic (exact) mass is 399 g/mol. The first-order valence-corrected chi connectivity index (χ1v) is 9.78. The van der Waals surface area contributed by atoms with Crippen molar-refractivity contribution in [1.29, 1.82) is 0 Å². The summed E-state index contributed by atoms with van der Waals surface area (Å²) >= 11 is 10.2. The van der Waals surface area contributed by atoms with Gasteiger partial charge in [0.05, 0.1) is 18.4 Å². The first-order chi connectivity index (χ1) is 11.8. The minimum atomic E-state index is -3.63. The normalized spacial score (nSPS) is 12.6. The van der Waals surface area contributed by atoms with E-state index in [0.717, 1.165) is 11.1 Å². The Balaban J connectivity index is 1.98. The molecule has 2 aromatic carbocycles. The molecular formula is C17H18ClNO4S2. The maximum atomic E-state index is 12.2. The maximum absolute atomic E-state index is 12.2. The summed E-state index contributed by atoms with van der Waals surface area (Å²) in [5.74, 6) is -0.314. The quantitative estimate of drug-likeness (QED) is 0.554. The lowest BCUT2D eigenvalue weighted by molar-refractivity contribution is -0.139. The molecule has 2 aromatic rings. The minimum absolute atomic E-state index is 0.129. The molecule has 2 rings (SSSR count). The molecule has 134 valence electrons. The molecule has 0 aliphatic carbocycles. The number of halogens is 1. The SMILES string of the molecule is COC(=O)Cc1ccc(C(S)CNS(=O)(=O)c2ccc(Cl)cc2)cc1. The van der Waals surface area contributed by atoms with Crippen molar-refractivity contribution in [2.24, 2.45) is 0 Å². The molecule has 0 saturated heterocycles. The van der Waals surface area contributed by atoms with Crippen molar-refractivity contribution in [1.82, 2.24) is 4.72 Å². The second kappa shape index (κ2) is 8.71. The molecule has 1 atom stereocenters. The van der Waals surface area contributed by atoms with E-state index in [2.05, 4.69) is 22.1 Å². The van der Waals surface area contributed by atoms with Crippen LogP contribution < -0.4 is 4.72 Å². The van der Waals surface area contributed by atoms with Crippen molar-refractivity contribution in [3.63, 3.8) is 0 Å². The lowest BCUT2D eigenvalue weighted by Crippen LogP contribution is -2.27. The van der Waals surface area contributed by atoms with Gasteiger partial charge in [-0.1, -0.05) is 35.9 Å². The Kier molecular flexibility index (Phi) is 6.89. The highest BCUT2D eigenvalue weighted by Gasteiger charge is 2.16. The van der Waals surface area contributed by atoms with Crippen LogP contribution in [0.25, 0.3) is 0 Å². The summed E-state index contributed by atoms with van der Waals surface area (Å²) in [4.78, 5) is 11.4. The zero-order valence-corrected chi connectivity index (χ0v) is 15.9. The van der Waals surface area contributed by atoms with Gasteiger partial charge in [0.2, 0.25) is 10.0 Å². The van der Waals surface area contributed by atoms with Gasteiger partial charge in [0, 0.05) is 16.8 Å². The minimum Gasteiger partial charge on any atom is -0.469 e. The molecule has 0 radical (unpaired) electrons. The number of benzene rings is 2. The third-order valence-corrected chi connectivity index (χ3v) is 5.70. The van der Waals surface area contributed by atoms with Crippen LogP contribution in [0.1, 0.15) is 16.4 Å². The van der Waals surface area contributed by atoms with Crippen LogP contribution >= 0.6 is 24.2 Å². The van der Waals surface area contributed by atoms with Crippen molar-refractivity contribution < 1.29 is 17.9 Å². The molecule has 5 nitrogen and oxygen atoms in total. The van der Waals surface area contributed by atoms with E-state index in [1.807, 2.05) is 12.1 Å². The van der Waals surface area contributed by atoms with Gasteiger partial charge in [-0.05, 0) is 35.4 Å². The number of hydrogen-bond acceptors (Lipinski definition) is 5. The van der Waals surface area contributed by atoms with Crippen LogP contribution in [0.5, 0.6) is 0 Å². The molecule has 0 spiro atoms. The Morgan fingerprint density at radius 1 is 1.16 bits per heavy atom. The summed E-state index contributed by atoms with van der Waals surface area (Å²) in [5, 5.41) is 0.146. The van der Waals surface area contributed by atoms with E-state index in [9.17, 15) is 13.2 Å².